The zero-order chi connectivity index (χ0) is 23.3. The van der Waals surface area contributed by atoms with Gasteiger partial charge in [-0.25, -0.2) is 15.0 Å². The molecule has 7 nitrogen and oxygen atoms in total. The highest BCUT2D eigenvalue weighted by Gasteiger charge is 2.37. The van der Waals surface area contributed by atoms with E-state index in [9.17, 15) is 18.0 Å². The monoisotopic (exact) mass is 447 g/mol. The fraction of sp³-hybridized carbons (Fsp3) is 0.500. The number of alkyl halides is 3. The summed E-state index contributed by atoms with van der Waals surface area (Å²) in [7, 11) is 0. The molecule has 3 aromatic rings. The van der Waals surface area contributed by atoms with Gasteiger partial charge in [0, 0.05) is 42.5 Å². The molecule has 4 heterocycles. The molecule has 0 spiro atoms. The van der Waals surface area contributed by atoms with Gasteiger partial charge in [0.25, 0.3) is 11.6 Å². The van der Waals surface area contributed by atoms with E-state index < -0.39 is 11.7 Å². The van der Waals surface area contributed by atoms with Crippen molar-refractivity contribution in [3.05, 3.63) is 46.8 Å². The van der Waals surface area contributed by atoms with Gasteiger partial charge in [-0.05, 0) is 25.8 Å². The zero-order valence-electron chi connectivity index (χ0n) is 18.3. The van der Waals surface area contributed by atoms with E-state index in [0.29, 0.717) is 43.0 Å². The fourth-order valence-electron chi connectivity index (χ4n) is 3.93. The number of rotatable bonds is 2. The minimum atomic E-state index is -4.54. The van der Waals surface area contributed by atoms with Crippen molar-refractivity contribution in [1.82, 2.24) is 25.0 Å². The van der Waals surface area contributed by atoms with Crippen LogP contribution in [0.15, 0.2) is 23.0 Å². The van der Waals surface area contributed by atoms with Crippen LogP contribution in [-0.2, 0) is 11.6 Å². The van der Waals surface area contributed by atoms with Gasteiger partial charge in [0.05, 0.1) is 22.2 Å². The molecule has 1 aliphatic rings. The second-order valence-corrected chi connectivity index (χ2v) is 9.15. The smallest absolute Gasteiger partial charge is 0.339 e. The third-order valence-electron chi connectivity index (χ3n) is 5.71. The molecule has 0 aromatic carbocycles. The van der Waals surface area contributed by atoms with E-state index in [4.69, 9.17) is 4.52 Å². The van der Waals surface area contributed by atoms with E-state index in [1.807, 2.05) is 20.8 Å². The van der Waals surface area contributed by atoms with Crippen LogP contribution >= 0.6 is 0 Å². The van der Waals surface area contributed by atoms with Crippen molar-refractivity contribution in [2.75, 3.05) is 13.1 Å². The molecule has 4 rings (SSSR count). The van der Waals surface area contributed by atoms with Gasteiger partial charge in [-0.1, -0.05) is 25.9 Å². The number of nitrogens with zero attached hydrogens (tertiary/aromatic N) is 5. The first-order valence-electron chi connectivity index (χ1n) is 10.4. The molecule has 0 unspecified atom stereocenters. The summed E-state index contributed by atoms with van der Waals surface area (Å²) >= 11 is 0. The van der Waals surface area contributed by atoms with Gasteiger partial charge in [-0.3, -0.25) is 4.79 Å². The molecule has 3 aromatic heterocycles. The highest BCUT2D eigenvalue weighted by atomic mass is 19.4. The Balaban J connectivity index is 1.50. The Morgan fingerprint density at radius 3 is 2.31 bits per heavy atom. The second-order valence-electron chi connectivity index (χ2n) is 9.15. The molecule has 32 heavy (non-hydrogen) atoms. The Morgan fingerprint density at radius 2 is 1.75 bits per heavy atom. The second kappa shape index (κ2) is 7.83. The van der Waals surface area contributed by atoms with Crippen molar-refractivity contribution in [1.29, 1.82) is 0 Å². The van der Waals surface area contributed by atoms with Crippen LogP contribution in [0.5, 0.6) is 0 Å². The summed E-state index contributed by atoms with van der Waals surface area (Å²) in [6.07, 6.45) is -0.494. The molecule has 170 valence electrons. The Hall–Kier alpha value is -3.04. The maximum Gasteiger partial charge on any atom is 0.417 e. The van der Waals surface area contributed by atoms with Crippen molar-refractivity contribution in [3.63, 3.8) is 0 Å². The lowest BCUT2D eigenvalue weighted by molar-refractivity contribution is -0.136. The van der Waals surface area contributed by atoms with Crippen LogP contribution in [-0.4, -0.2) is 44.0 Å². The predicted octanol–water partition coefficient (Wildman–Crippen LogP) is 4.66. The number of amides is 1. The molecule has 0 atom stereocenters. The maximum atomic E-state index is 13.6. The van der Waals surface area contributed by atoms with Crippen LogP contribution in [0.3, 0.4) is 0 Å². The van der Waals surface area contributed by atoms with Crippen molar-refractivity contribution >= 4 is 17.0 Å². The molecule has 10 heteroatoms. The summed E-state index contributed by atoms with van der Waals surface area (Å²) in [5.41, 5.74) is -0.247. The molecule has 1 saturated heterocycles. The number of pyridine rings is 1. The number of likely N-dealkylation sites (tertiary alicyclic amines) is 1. The Kier molecular flexibility index (Phi) is 5.42. The molecule has 0 radical (unpaired) electrons. The van der Waals surface area contributed by atoms with E-state index >= 15 is 0 Å². The highest BCUT2D eigenvalue weighted by molar-refractivity contribution is 5.93. The van der Waals surface area contributed by atoms with Crippen LogP contribution in [0.4, 0.5) is 13.2 Å². The number of fused-ring (bicyclic) bond motifs is 1. The summed E-state index contributed by atoms with van der Waals surface area (Å²) in [6, 6.07) is 1.09. The van der Waals surface area contributed by atoms with Crippen molar-refractivity contribution < 1.29 is 22.5 Å². The summed E-state index contributed by atoms with van der Waals surface area (Å²) in [4.78, 5) is 27.4. The minimum Gasteiger partial charge on any atom is -0.339 e. The quantitative estimate of drug-likeness (QED) is 0.568. The first kappa shape index (κ1) is 22.2. The van der Waals surface area contributed by atoms with Crippen LogP contribution in [0, 0.1) is 6.92 Å². The van der Waals surface area contributed by atoms with Gasteiger partial charge in [-0.2, -0.15) is 13.2 Å². The van der Waals surface area contributed by atoms with E-state index in [0.717, 1.165) is 6.07 Å². The van der Waals surface area contributed by atoms with Gasteiger partial charge in [0.15, 0.2) is 0 Å². The Morgan fingerprint density at radius 1 is 1.12 bits per heavy atom. The number of carbonyl (C=O) groups is 1. The first-order chi connectivity index (χ1) is 14.9. The maximum absolute atomic E-state index is 13.6. The summed E-state index contributed by atoms with van der Waals surface area (Å²) in [6.45, 7) is 8.24. The normalized spacial score (nSPS) is 16.0. The molecule has 0 aliphatic carbocycles. The van der Waals surface area contributed by atoms with Gasteiger partial charge < -0.3 is 9.42 Å². The average Bonchev–Trinajstić information content (AvgIpc) is 3.12. The summed E-state index contributed by atoms with van der Waals surface area (Å²) in [5.74, 6) is 0.251. The van der Waals surface area contributed by atoms with Crippen molar-refractivity contribution in [2.24, 2.45) is 0 Å². The van der Waals surface area contributed by atoms with Crippen molar-refractivity contribution in [2.45, 2.75) is 58.0 Å². The van der Waals surface area contributed by atoms with E-state index in [1.54, 1.807) is 4.90 Å². The Labute approximate surface area is 183 Å². The molecule has 1 amide bonds. The predicted molar refractivity (Wildman–Crippen MR) is 110 cm³/mol. The first-order valence-corrected chi connectivity index (χ1v) is 10.4. The highest BCUT2D eigenvalue weighted by Crippen LogP contribution is 2.39. The van der Waals surface area contributed by atoms with Crippen molar-refractivity contribution in [3.8, 4) is 0 Å². The van der Waals surface area contributed by atoms with Crippen LogP contribution in [0.25, 0.3) is 11.1 Å². The van der Waals surface area contributed by atoms with E-state index in [-0.39, 0.29) is 34.0 Å². The molecular formula is C22H24F3N5O2. The standard InChI is InChI=1S/C22H24F3N5O2/c1-12-17-15(22(23,24)25)9-16(28-18(17)32-29-12)13-5-7-30(8-6-13)19(31)14-10-26-20(27-11-14)21(2,3)4/h9-11,13H,5-8H2,1-4H3. The number of carbonyl (C=O) groups excluding carboxylic acids is 1. The fourth-order valence-corrected chi connectivity index (χ4v) is 3.93. The van der Waals surface area contributed by atoms with Gasteiger partial charge in [0.2, 0.25) is 0 Å². The summed E-state index contributed by atoms with van der Waals surface area (Å²) in [5, 5.41) is 3.54. The van der Waals surface area contributed by atoms with Gasteiger partial charge in [0.1, 0.15) is 5.82 Å². The van der Waals surface area contributed by atoms with Crippen LogP contribution in [0.2, 0.25) is 0 Å². The number of hydrogen-bond acceptors (Lipinski definition) is 6. The molecule has 1 aliphatic heterocycles. The number of piperidine rings is 1. The average molecular weight is 447 g/mol. The minimum absolute atomic E-state index is 0.104. The van der Waals surface area contributed by atoms with E-state index in [2.05, 4.69) is 20.1 Å². The Bertz CT molecular complexity index is 1140. The van der Waals surface area contributed by atoms with E-state index in [1.165, 1.54) is 19.3 Å². The molecule has 0 N–H and O–H groups in total. The third-order valence-corrected chi connectivity index (χ3v) is 5.71. The topological polar surface area (TPSA) is 85.0 Å². The number of aryl methyl sites for hydroxylation is 1. The van der Waals surface area contributed by atoms with Gasteiger partial charge in [-0.15, -0.1) is 0 Å². The number of hydrogen-bond donors (Lipinski definition) is 0. The third kappa shape index (κ3) is 4.18. The molecule has 1 fully saturated rings. The summed E-state index contributed by atoms with van der Waals surface area (Å²) < 4.78 is 45.9. The lowest BCUT2D eigenvalue weighted by Gasteiger charge is -2.32. The number of halogens is 3. The lowest BCUT2D eigenvalue weighted by atomic mass is 9.91. The zero-order valence-corrected chi connectivity index (χ0v) is 18.3. The SMILES string of the molecule is Cc1noc2nc(C3CCN(C(=O)c4cnc(C(C)(C)C)nc4)CC3)cc(C(F)(F)F)c12. The molecule has 0 saturated carbocycles. The van der Waals surface area contributed by atoms with Crippen LogP contribution < -0.4 is 0 Å². The molecular weight excluding hydrogens is 423 g/mol. The van der Waals surface area contributed by atoms with Crippen LogP contribution in [0.1, 0.15) is 72.7 Å². The number of aromatic nitrogens is 4. The van der Waals surface area contributed by atoms with Gasteiger partial charge >= 0.3 is 6.18 Å². The molecule has 0 bridgehead atoms. The lowest BCUT2D eigenvalue weighted by Crippen LogP contribution is -2.38. The largest absolute Gasteiger partial charge is 0.417 e.